The average molecular weight is 454 g/mol. The second-order valence-corrected chi connectivity index (χ2v) is 10.9. The number of amides is 1. The lowest BCUT2D eigenvalue weighted by molar-refractivity contribution is 0.0686. The average Bonchev–Trinajstić information content (AvgIpc) is 3.20. The molecule has 0 aliphatic carbocycles. The molecule has 0 N–H and O–H groups in total. The van der Waals surface area contributed by atoms with Gasteiger partial charge < -0.3 is 4.90 Å². The topological polar surface area (TPSA) is 54.5 Å². The second-order valence-electron chi connectivity index (χ2n) is 6.82. The lowest BCUT2D eigenvalue weighted by atomic mass is 10.1. The maximum atomic E-state index is 13.5. The Balaban J connectivity index is 1.74. The third-order valence-corrected chi connectivity index (χ3v) is 8.72. The van der Waals surface area contributed by atoms with E-state index >= 15 is 0 Å². The first kappa shape index (κ1) is 19.7. The lowest BCUT2D eigenvalue weighted by Crippen LogP contribution is -2.40. The highest BCUT2D eigenvalue weighted by atomic mass is 35.5. The Labute approximate surface area is 177 Å². The van der Waals surface area contributed by atoms with Gasteiger partial charge in [-0.25, -0.2) is 8.42 Å². The fourth-order valence-electron chi connectivity index (χ4n) is 3.48. The van der Waals surface area contributed by atoms with Gasteiger partial charge in [0, 0.05) is 27.7 Å². The largest absolute Gasteiger partial charge is 0.329 e. The van der Waals surface area contributed by atoms with E-state index in [1.165, 1.54) is 11.3 Å². The molecule has 2 heterocycles. The van der Waals surface area contributed by atoms with Crippen molar-refractivity contribution in [3.8, 4) is 0 Å². The molecule has 1 aliphatic heterocycles. The van der Waals surface area contributed by atoms with Crippen LogP contribution >= 0.6 is 34.5 Å². The molecule has 2 aromatic carbocycles. The van der Waals surface area contributed by atoms with Gasteiger partial charge in [-0.3, -0.25) is 4.79 Å². The van der Waals surface area contributed by atoms with Gasteiger partial charge in [0.1, 0.15) is 4.88 Å². The van der Waals surface area contributed by atoms with Gasteiger partial charge in [0.15, 0.2) is 9.84 Å². The summed E-state index contributed by atoms with van der Waals surface area (Å²) >= 11 is 14.1. The van der Waals surface area contributed by atoms with Crippen LogP contribution in [0.15, 0.2) is 48.5 Å². The Hall–Kier alpha value is -1.60. The molecule has 28 heavy (non-hydrogen) atoms. The van der Waals surface area contributed by atoms with E-state index in [0.29, 0.717) is 21.3 Å². The summed E-state index contributed by atoms with van der Waals surface area (Å²) in [6.07, 6.45) is 0.418. The quantitative estimate of drug-likeness (QED) is 0.555. The number of rotatable bonds is 4. The molecule has 146 valence electrons. The highest BCUT2D eigenvalue weighted by molar-refractivity contribution is 7.91. The number of fused-ring (bicyclic) bond motifs is 1. The van der Waals surface area contributed by atoms with E-state index in [0.717, 1.165) is 15.6 Å². The van der Waals surface area contributed by atoms with E-state index in [9.17, 15) is 13.2 Å². The smallest absolute Gasteiger partial charge is 0.266 e. The van der Waals surface area contributed by atoms with Crippen molar-refractivity contribution in [2.75, 3.05) is 11.5 Å². The number of nitrogens with zero attached hydrogens (tertiary/aromatic N) is 1. The van der Waals surface area contributed by atoms with Gasteiger partial charge in [-0.05, 0) is 24.1 Å². The van der Waals surface area contributed by atoms with Crippen molar-refractivity contribution >= 4 is 60.4 Å². The number of hydrogen-bond donors (Lipinski definition) is 0. The van der Waals surface area contributed by atoms with Crippen molar-refractivity contribution in [1.29, 1.82) is 0 Å². The van der Waals surface area contributed by atoms with Crippen LogP contribution in [0.3, 0.4) is 0 Å². The summed E-state index contributed by atoms with van der Waals surface area (Å²) in [5.74, 6) is -0.205. The van der Waals surface area contributed by atoms with Crippen LogP contribution in [0, 0.1) is 0 Å². The minimum absolute atomic E-state index is 0.0360. The number of halogens is 2. The summed E-state index contributed by atoms with van der Waals surface area (Å²) in [4.78, 5) is 15.5. The number of carbonyl (C=O) groups excluding carboxylic acids is 1. The number of sulfone groups is 1. The first-order valence-corrected chi connectivity index (χ1v) is 12.2. The highest BCUT2D eigenvalue weighted by Gasteiger charge is 2.36. The van der Waals surface area contributed by atoms with Crippen LogP contribution in [0.25, 0.3) is 10.1 Å². The Bertz CT molecular complexity index is 1160. The molecule has 3 aromatic rings. The Morgan fingerprint density at radius 2 is 1.82 bits per heavy atom. The Kier molecular flexibility index (Phi) is 5.40. The van der Waals surface area contributed by atoms with Crippen LogP contribution in [0.2, 0.25) is 10.0 Å². The zero-order valence-electron chi connectivity index (χ0n) is 14.8. The third kappa shape index (κ3) is 3.79. The van der Waals surface area contributed by atoms with Crippen molar-refractivity contribution in [1.82, 2.24) is 4.90 Å². The van der Waals surface area contributed by atoms with Crippen LogP contribution in [0.4, 0.5) is 0 Å². The molecule has 4 nitrogen and oxygen atoms in total. The minimum Gasteiger partial charge on any atom is -0.329 e. The number of hydrogen-bond acceptors (Lipinski definition) is 4. The van der Waals surface area contributed by atoms with Crippen LogP contribution < -0.4 is 0 Å². The van der Waals surface area contributed by atoms with Crippen molar-refractivity contribution in [2.45, 2.75) is 19.0 Å². The first-order valence-electron chi connectivity index (χ1n) is 8.77. The molecule has 1 fully saturated rings. The van der Waals surface area contributed by atoms with Gasteiger partial charge in [-0.1, -0.05) is 59.6 Å². The van der Waals surface area contributed by atoms with Gasteiger partial charge in [-0.15, -0.1) is 11.3 Å². The summed E-state index contributed by atoms with van der Waals surface area (Å²) in [6.45, 7) is 0.239. The van der Waals surface area contributed by atoms with Crippen LogP contribution in [-0.2, 0) is 16.4 Å². The summed E-state index contributed by atoms with van der Waals surface area (Å²) < 4.78 is 25.0. The molecule has 8 heteroatoms. The zero-order chi connectivity index (χ0) is 19.9. The fourth-order valence-corrected chi connectivity index (χ4v) is 6.87. The molecule has 1 atom stereocenters. The van der Waals surface area contributed by atoms with E-state index in [1.807, 2.05) is 42.5 Å². The normalized spacial score (nSPS) is 18.4. The molecule has 0 saturated carbocycles. The molecule has 1 aromatic heterocycles. The predicted octanol–water partition coefficient (Wildman–Crippen LogP) is 5.04. The molecular formula is C20H17Cl2NO3S2. The summed E-state index contributed by atoms with van der Waals surface area (Å²) in [5, 5.41) is 1.79. The van der Waals surface area contributed by atoms with E-state index < -0.39 is 15.9 Å². The molecule has 0 unspecified atom stereocenters. The fraction of sp³-hybridized carbons (Fsp3) is 0.250. The molecule has 4 rings (SSSR count). The van der Waals surface area contributed by atoms with Crippen molar-refractivity contribution in [3.63, 3.8) is 0 Å². The minimum atomic E-state index is -3.15. The van der Waals surface area contributed by atoms with E-state index in [4.69, 9.17) is 23.2 Å². The van der Waals surface area contributed by atoms with Crippen molar-refractivity contribution in [2.24, 2.45) is 0 Å². The second kappa shape index (κ2) is 7.67. The molecule has 1 amide bonds. The monoisotopic (exact) mass is 453 g/mol. The van der Waals surface area contributed by atoms with Crippen LogP contribution in [-0.4, -0.2) is 36.8 Å². The van der Waals surface area contributed by atoms with Crippen molar-refractivity contribution in [3.05, 3.63) is 69.0 Å². The number of benzene rings is 2. The molecule has 0 radical (unpaired) electrons. The van der Waals surface area contributed by atoms with Crippen molar-refractivity contribution < 1.29 is 13.2 Å². The molecule has 0 bridgehead atoms. The molecular weight excluding hydrogens is 437 g/mol. The van der Waals surface area contributed by atoms with E-state index in [2.05, 4.69) is 0 Å². The Morgan fingerprint density at radius 1 is 1.11 bits per heavy atom. The molecule has 0 spiro atoms. The maximum absolute atomic E-state index is 13.5. The molecule has 1 aliphatic rings. The van der Waals surface area contributed by atoms with E-state index in [-0.39, 0.29) is 24.0 Å². The van der Waals surface area contributed by atoms with Crippen LogP contribution in [0.5, 0.6) is 0 Å². The number of carbonyl (C=O) groups is 1. The predicted molar refractivity (Wildman–Crippen MR) is 115 cm³/mol. The molecule has 1 saturated heterocycles. The summed E-state index contributed by atoms with van der Waals surface area (Å²) in [5.41, 5.74) is 0.777. The van der Waals surface area contributed by atoms with E-state index in [1.54, 1.807) is 11.0 Å². The van der Waals surface area contributed by atoms with Gasteiger partial charge in [-0.2, -0.15) is 0 Å². The standard InChI is InChI=1S/C20H17Cl2NO3S2/c21-16-7-3-1-5-13(16)11-23(14-9-10-28(25,26)12-14)20(24)19-18(22)15-6-2-4-8-17(15)27-19/h1-8,14H,9-12H2/t14-/m0/s1. The lowest BCUT2D eigenvalue weighted by Gasteiger charge is -2.28. The highest BCUT2D eigenvalue weighted by Crippen LogP contribution is 2.37. The zero-order valence-corrected chi connectivity index (χ0v) is 17.9. The van der Waals surface area contributed by atoms with Gasteiger partial charge in [0.05, 0.1) is 16.5 Å². The maximum Gasteiger partial charge on any atom is 0.266 e. The van der Waals surface area contributed by atoms with Gasteiger partial charge in [0.2, 0.25) is 0 Å². The summed E-state index contributed by atoms with van der Waals surface area (Å²) in [7, 11) is -3.15. The third-order valence-electron chi connectivity index (χ3n) is 4.94. The van der Waals surface area contributed by atoms with Gasteiger partial charge in [0.25, 0.3) is 5.91 Å². The number of thiophene rings is 1. The SMILES string of the molecule is O=C(c1sc2ccccc2c1Cl)N(Cc1ccccc1Cl)[C@H]1CCS(=O)(=O)C1. The first-order chi connectivity index (χ1) is 13.4. The van der Waals surface area contributed by atoms with Crippen LogP contribution in [0.1, 0.15) is 21.7 Å². The summed E-state index contributed by atoms with van der Waals surface area (Å²) in [6, 6.07) is 14.5. The Morgan fingerprint density at radius 3 is 2.50 bits per heavy atom. The van der Waals surface area contributed by atoms with Gasteiger partial charge >= 0.3 is 0 Å².